The highest BCUT2D eigenvalue weighted by atomic mass is 16.5. The van der Waals surface area contributed by atoms with E-state index in [1.165, 1.54) is 0 Å². The van der Waals surface area contributed by atoms with Gasteiger partial charge < -0.3 is 20.1 Å². The Bertz CT molecular complexity index is 974. The number of carboxylic acids is 1. The predicted molar refractivity (Wildman–Crippen MR) is 131 cm³/mol. The van der Waals surface area contributed by atoms with E-state index in [4.69, 9.17) is 9.84 Å². The van der Waals surface area contributed by atoms with Gasteiger partial charge in [0.2, 0.25) is 5.91 Å². The molecule has 1 aliphatic carbocycles. The van der Waals surface area contributed by atoms with Crippen molar-refractivity contribution in [1.29, 1.82) is 0 Å². The van der Waals surface area contributed by atoms with Gasteiger partial charge in [0.1, 0.15) is 12.6 Å². The molecule has 7 nitrogen and oxygen atoms in total. The molecular weight excluding hydrogens is 432 g/mol. The van der Waals surface area contributed by atoms with E-state index >= 15 is 0 Å². The summed E-state index contributed by atoms with van der Waals surface area (Å²) in [6.45, 7) is 6.22. The fourth-order valence-corrected chi connectivity index (χ4v) is 4.55. The van der Waals surface area contributed by atoms with Gasteiger partial charge in [-0.15, -0.1) is 0 Å². The van der Waals surface area contributed by atoms with Crippen molar-refractivity contribution in [2.24, 2.45) is 0 Å². The number of carboxylic acid groups (broad SMARTS) is 1. The molecule has 3 rings (SSSR count). The summed E-state index contributed by atoms with van der Waals surface area (Å²) in [6, 6.07) is 15.4. The standard InChI is InChI=1S/C27H34N2O5/c1-4-10-24(26(32)29(18(2)3)16-9-15-25(30)31)28-27(33)34-17-23-21-13-7-5-11-19(21)20-12-6-8-14-22(20)23/h5-8,11-14,18,23-24H,4,9-10,15-17H2,1-3H3,(H,28,33)(H,30,31)/t24-/m1/s1. The molecule has 2 amide bonds. The van der Waals surface area contributed by atoms with Crippen LogP contribution in [0.15, 0.2) is 48.5 Å². The normalized spacial score (nSPS) is 13.2. The first-order valence-corrected chi connectivity index (χ1v) is 12.0. The van der Waals surface area contributed by atoms with Crippen LogP contribution in [0.25, 0.3) is 11.1 Å². The van der Waals surface area contributed by atoms with Crippen LogP contribution in [0.3, 0.4) is 0 Å². The van der Waals surface area contributed by atoms with Crippen LogP contribution < -0.4 is 5.32 Å². The second kappa shape index (κ2) is 11.7. The molecular formula is C27H34N2O5. The summed E-state index contributed by atoms with van der Waals surface area (Å²) in [7, 11) is 0. The SMILES string of the molecule is CCC[C@@H](NC(=O)OCC1c2ccccc2-c2ccccc21)C(=O)N(CCCC(=O)O)C(C)C. The van der Waals surface area contributed by atoms with Gasteiger partial charge in [0.05, 0.1) is 0 Å². The van der Waals surface area contributed by atoms with Crippen LogP contribution in [0.5, 0.6) is 0 Å². The number of hydrogen-bond acceptors (Lipinski definition) is 4. The van der Waals surface area contributed by atoms with Gasteiger partial charge in [-0.3, -0.25) is 9.59 Å². The van der Waals surface area contributed by atoms with Crippen LogP contribution in [0, 0.1) is 0 Å². The summed E-state index contributed by atoms with van der Waals surface area (Å²) in [6.07, 6.45) is 0.923. The van der Waals surface area contributed by atoms with Crippen LogP contribution in [0.2, 0.25) is 0 Å². The molecule has 0 heterocycles. The summed E-state index contributed by atoms with van der Waals surface area (Å²) in [5.74, 6) is -1.16. The molecule has 0 bridgehead atoms. The van der Waals surface area contributed by atoms with Gasteiger partial charge in [-0.1, -0.05) is 61.9 Å². The number of hydrogen-bond donors (Lipinski definition) is 2. The lowest BCUT2D eigenvalue weighted by molar-refractivity contribution is -0.139. The summed E-state index contributed by atoms with van der Waals surface area (Å²) in [5.41, 5.74) is 4.56. The minimum Gasteiger partial charge on any atom is -0.481 e. The zero-order valence-electron chi connectivity index (χ0n) is 20.1. The lowest BCUT2D eigenvalue weighted by Gasteiger charge is -2.31. The molecule has 1 atom stereocenters. The highest BCUT2D eigenvalue weighted by Crippen LogP contribution is 2.44. The average molecular weight is 467 g/mol. The molecule has 182 valence electrons. The number of carbonyl (C=O) groups is 3. The van der Waals surface area contributed by atoms with Crippen LogP contribution in [0.4, 0.5) is 4.79 Å². The maximum atomic E-state index is 13.2. The zero-order chi connectivity index (χ0) is 24.7. The van der Waals surface area contributed by atoms with Gasteiger partial charge in [0.15, 0.2) is 0 Å². The second-order valence-corrected chi connectivity index (χ2v) is 8.93. The predicted octanol–water partition coefficient (Wildman–Crippen LogP) is 4.80. The number of fused-ring (bicyclic) bond motifs is 3. The number of aliphatic carboxylic acids is 1. The van der Waals surface area contributed by atoms with Crippen LogP contribution in [0.1, 0.15) is 63.5 Å². The van der Waals surface area contributed by atoms with E-state index in [1.54, 1.807) is 4.90 Å². The van der Waals surface area contributed by atoms with Gasteiger partial charge in [-0.05, 0) is 48.9 Å². The van der Waals surface area contributed by atoms with Crippen molar-refractivity contribution in [3.63, 3.8) is 0 Å². The highest BCUT2D eigenvalue weighted by molar-refractivity contribution is 5.86. The second-order valence-electron chi connectivity index (χ2n) is 8.93. The molecule has 2 N–H and O–H groups in total. The Labute approximate surface area is 201 Å². The average Bonchev–Trinajstić information content (AvgIpc) is 3.13. The van der Waals surface area contributed by atoms with Crippen molar-refractivity contribution < 1.29 is 24.2 Å². The molecule has 7 heteroatoms. The Morgan fingerprint density at radius 3 is 2.15 bits per heavy atom. The van der Waals surface area contributed by atoms with Gasteiger partial charge in [0.25, 0.3) is 0 Å². The third kappa shape index (κ3) is 5.95. The van der Waals surface area contributed by atoms with E-state index in [0.29, 0.717) is 25.8 Å². The molecule has 0 fully saturated rings. The van der Waals surface area contributed by atoms with E-state index in [-0.39, 0.29) is 30.9 Å². The van der Waals surface area contributed by atoms with Gasteiger partial charge >= 0.3 is 12.1 Å². The summed E-state index contributed by atoms with van der Waals surface area (Å²) in [4.78, 5) is 38.4. The third-order valence-electron chi connectivity index (χ3n) is 6.21. The number of benzene rings is 2. The van der Waals surface area contributed by atoms with Crippen LogP contribution in [-0.2, 0) is 14.3 Å². The third-order valence-corrected chi connectivity index (χ3v) is 6.21. The van der Waals surface area contributed by atoms with Gasteiger partial charge in [-0.25, -0.2) is 4.79 Å². The summed E-state index contributed by atoms with van der Waals surface area (Å²) < 4.78 is 5.62. The fourth-order valence-electron chi connectivity index (χ4n) is 4.55. The number of nitrogens with one attached hydrogen (secondary N) is 1. The topological polar surface area (TPSA) is 95.9 Å². The fraction of sp³-hybridized carbons (Fsp3) is 0.444. The van der Waals surface area contributed by atoms with Crippen molar-refractivity contribution >= 4 is 18.0 Å². The van der Waals surface area contributed by atoms with E-state index in [1.807, 2.05) is 45.0 Å². The molecule has 0 unspecified atom stereocenters. The molecule has 0 aromatic heterocycles. The maximum absolute atomic E-state index is 13.2. The molecule has 34 heavy (non-hydrogen) atoms. The number of nitrogens with zero attached hydrogens (tertiary/aromatic N) is 1. The summed E-state index contributed by atoms with van der Waals surface area (Å²) in [5, 5.41) is 11.7. The van der Waals surface area contributed by atoms with Crippen LogP contribution >= 0.6 is 0 Å². The zero-order valence-corrected chi connectivity index (χ0v) is 20.1. The lowest BCUT2D eigenvalue weighted by Crippen LogP contribution is -2.51. The number of alkyl carbamates (subject to hydrolysis) is 1. The first-order chi connectivity index (χ1) is 16.3. The number of ether oxygens (including phenoxy) is 1. The largest absolute Gasteiger partial charge is 0.481 e. The number of rotatable bonds is 11. The smallest absolute Gasteiger partial charge is 0.407 e. The minimum atomic E-state index is -0.891. The van der Waals surface area contributed by atoms with Gasteiger partial charge in [-0.2, -0.15) is 0 Å². The van der Waals surface area contributed by atoms with Gasteiger partial charge in [0, 0.05) is 24.9 Å². The van der Waals surface area contributed by atoms with Crippen molar-refractivity contribution in [2.45, 2.75) is 64.5 Å². The Kier molecular flexibility index (Phi) is 8.68. The first kappa shape index (κ1) is 25.3. The Hall–Kier alpha value is -3.35. The monoisotopic (exact) mass is 466 g/mol. The lowest BCUT2D eigenvalue weighted by atomic mass is 9.98. The van der Waals surface area contributed by atoms with Crippen molar-refractivity contribution in [2.75, 3.05) is 13.2 Å². The molecule has 0 aliphatic heterocycles. The first-order valence-electron chi connectivity index (χ1n) is 12.0. The summed E-state index contributed by atoms with van der Waals surface area (Å²) >= 11 is 0. The number of amides is 2. The highest BCUT2D eigenvalue weighted by Gasteiger charge is 2.31. The molecule has 0 spiro atoms. The molecule has 0 saturated carbocycles. The van der Waals surface area contributed by atoms with Crippen molar-refractivity contribution in [3.05, 3.63) is 59.7 Å². The van der Waals surface area contributed by atoms with E-state index in [2.05, 4.69) is 29.6 Å². The Balaban J connectivity index is 1.65. The molecule has 0 radical (unpaired) electrons. The minimum absolute atomic E-state index is 0.00521. The molecule has 1 aliphatic rings. The van der Waals surface area contributed by atoms with Crippen LogP contribution in [-0.4, -0.2) is 53.2 Å². The number of carbonyl (C=O) groups excluding carboxylic acids is 2. The van der Waals surface area contributed by atoms with Crippen molar-refractivity contribution in [3.8, 4) is 11.1 Å². The van der Waals surface area contributed by atoms with Crippen molar-refractivity contribution in [1.82, 2.24) is 10.2 Å². The molecule has 2 aromatic rings. The Morgan fingerprint density at radius 2 is 1.62 bits per heavy atom. The Morgan fingerprint density at radius 1 is 1.03 bits per heavy atom. The van der Waals surface area contributed by atoms with E-state index < -0.39 is 18.1 Å². The van der Waals surface area contributed by atoms with E-state index in [9.17, 15) is 14.4 Å². The molecule has 2 aromatic carbocycles. The quantitative estimate of drug-likeness (QED) is 0.496. The van der Waals surface area contributed by atoms with E-state index in [0.717, 1.165) is 22.3 Å². The maximum Gasteiger partial charge on any atom is 0.407 e. The molecule has 0 saturated heterocycles.